The summed E-state index contributed by atoms with van der Waals surface area (Å²) in [6, 6.07) is 16.0. The van der Waals surface area contributed by atoms with Crippen molar-refractivity contribution < 1.29 is 24.2 Å². The summed E-state index contributed by atoms with van der Waals surface area (Å²) in [5, 5.41) is 19.7. The van der Waals surface area contributed by atoms with Crippen LogP contribution in [-0.4, -0.2) is 40.8 Å². The van der Waals surface area contributed by atoms with E-state index in [2.05, 4.69) is 11.1 Å². The maximum atomic E-state index is 13.1. The number of nitrogens with zero attached hydrogens (tertiary/aromatic N) is 4. The number of aliphatic hydroxyl groups is 1. The van der Waals surface area contributed by atoms with Crippen LogP contribution < -0.4 is 10.6 Å². The molecule has 0 amide bonds. The fraction of sp³-hybridized carbons (Fsp3) is 0.200. The Labute approximate surface area is 201 Å². The number of allylic oxidation sites excluding steroid dienone is 1. The van der Waals surface area contributed by atoms with E-state index in [-0.39, 0.29) is 29.3 Å². The molecule has 10 nitrogen and oxygen atoms in total. The summed E-state index contributed by atoms with van der Waals surface area (Å²) >= 11 is 0. The average molecular weight is 473 g/mol. The molecule has 1 aliphatic heterocycles. The SMILES string of the molecule is COC(=O)C1=C(C(=O)OC)N(c2ccc3c(c2)nc(CO)n3C)C(N)=C(C#N)C1c1ccccc1. The zero-order chi connectivity index (χ0) is 25.3. The van der Waals surface area contributed by atoms with Crippen molar-refractivity contribution >= 4 is 28.7 Å². The van der Waals surface area contributed by atoms with Crippen LogP contribution in [0.15, 0.2) is 71.2 Å². The molecule has 1 atom stereocenters. The Morgan fingerprint density at radius 2 is 1.83 bits per heavy atom. The van der Waals surface area contributed by atoms with Crippen LogP contribution in [0.2, 0.25) is 0 Å². The van der Waals surface area contributed by atoms with Crippen molar-refractivity contribution in [3.8, 4) is 6.07 Å². The minimum absolute atomic E-state index is 0.0351. The van der Waals surface area contributed by atoms with Crippen LogP contribution in [0.25, 0.3) is 11.0 Å². The van der Waals surface area contributed by atoms with E-state index in [9.17, 15) is 20.0 Å². The second-order valence-electron chi connectivity index (χ2n) is 7.75. The van der Waals surface area contributed by atoms with Gasteiger partial charge in [0.15, 0.2) is 0 Å². The topological polar surface area (TPSA) is 144 Å². The molecule has 3 N–H and O–H groups in total. The number of carbonyl (C=O) groups excluding carboxylic acids is 2. The number of esters is 2. The maximum Gasteiger partial charge on any atom is 0.355 e. The molecule has 35 heavy (non-hydrogen) atoms. The van der Waals surface area contributed by atoms with Gasteiger partial charge in [-0.05, 0) is 23.8 Å². The van der Waals surface area contributed by atoms with Crippen molar-refractivity contribution in [2.24, 2.45) is 12.8 Å². The molecule has 178 valence electrons. The Bertz CT molecular complexity index is 1430. The molecule has 0 radical (unpaired) electrons. The Kier molecular flexibility index (Phi) is 6.27. The highest BCUT2D eigenvalue weighted by Gasteiger charge is 2.43. The fourth-order valence-corrected chi connectivity index (χ4v) is 4.30. The Balaban J connectivity index is 2.05. The molecular formula is C25H23N5O5. The molecule has 0 saturated heterocycles. The number of methoxy groups -OCH3 is 2. The molecule has 2 heterocycles. The third kappa shape index (κ3) is 3.78. The molecule has 0 spiro atoms. The average Bonchev–Trinajstić information content (AvgIpc) is 3.22. The molecule has 4 rings (SSSR count). The first-order chi connectivity index (χ1) is 16.9. The summed E-state index contributed by atoms with van der Waals surface area (Å²) in [4.78, 5) is 31.9. The van der Waals surface area contributed by atoms with Gasteiger partial charge in [0.2, 0.25) is 0 Å². The monoisotopic (exact) mass is 473 g/mol. The summed E-state index contributed by atoms with van der Waals surface area (Å²) < 4.78 is 11.8. The highest BCUT2D eigenvalue weighted by Crippen LogP contribution is 2.43. The molecule has 1 unspecified atom stereocenters. The number of aliphatic hydroxyl groups excluding tert-OH is 1. The van der Waals surface area contributed by atoms with Crippen LogP contribution in [0.3, 0.4) is 0 Å². The lowest BCUT2D eigenvalue weighted by Gasteiger charge is -2.35. The van der Waals surface area contributed by atoms with Crippen molar-refractivity contribution in [3.05, 3.63) is 82.6 Å². The minimum Gasteiger partial charge on any atom is -0.466 e. The number of benzene rings is 2. The number of carbonyl (C=O) groups is 2. The van der Waals surface area contributed by atoms with Crippen LogP contribution in [-0.2, 0) is 32.7 Å². The van der Waals surface area contributed by atoms with Crippen molar-refractivity contribution in [2.75, 3.05) is 19.1 Å². The van der Waals surface area contributed by atoms with Crippen LogP contribution in [0, 0.1) is 11.3 Å². The maximum absolute atomic E-state index is 13.1. The number of nitriles is 1. The molecule has 0 bridgehead atoms. The molecular weight excluding hydrogens is 450 g/mol. The molecule has 10 heteroatoms. The molecule has 0 saturated carbocycles. The van der Waals surface area contributed by atoms with Crippen molar-refractivity contribution in [1.82, 2.24) is 9.55 Å². The summed E-state index contributed by atoms with van der Waals surface area (Å²) in [6.07, 6.45) is 0. The molecule has 2 aromatic carbocycles. The van der Waals surface area contributed by atoms with Gasteiger partial charge in [0.05, 0.1) is 54.1 Å². The highest BCUT2D eigenvalue weighted by atomic mass is 16.5. The van der Waals surface area contributed by atoms with E-state index < -0.39 is 17.9 Å². The van der Waals surface area contributed by atoms with E-state index in [0.29, 0.717) is 22.6 Å². The first-order valence-corrected chi connectivity index (χ1v) is 10.6. The van der Waals surface area contributed by atoms with E-state index in [1.807, 2.05) is 0 Å². The number of aryl methyl sites for hydroxylation is 1. The highest BCUT2D eigenvalue weighted by molar-refractivity contribution is 6.06. The second kappa shape index (κ2) is 9.32. The molecule has 0 fully saturated rings. The molecule has 1 aliphatic rings. The van der Waals surface area contributed by atoms with Gasteiger partial charge in [0, 0.05) is 7.05 Å². The number of aromatic nitrogens is 2. The van der Waals surface area contributed by atoms with E-state index in [4.69, 9.17) is 15.2 Å². The third-order valence-electron chi connectivity index (χ3n) is 5.97. The number of hydrogen-bond donors (Lipinski definition) is 2. The Morgan fingerprint density at radius 3 is 2.43 bits per heavy atom. The summed E-state index contributed by atoms with van der Waals surface area (Å²) in [6.45, 7) is -0.261. The van der Waals surface area contributed by atoms with Crippen LogP contribution in [0.1, 0.15) is 17.3 Å². The Morgan fingerprint density at radius 1 is 1.14 bits per heavy atom. The number of anilines is 1. The lowest BCUT2D eigenvalue weighted by Crippen LogP contribution is -2.40. The van der Waals surface area contributed by atoms with Gasteiger partial charge >= 0.3 is 11.9 Å². The van der Waals surface area contributed by atoms with Gasteiger partial charge in [-0.15, -0.1) is 0 Å². The first-order valence-electron chi connectivity index (χ1n) is 10.6. The number of ether oxygens (including phenoxy) is 2. The number of rotatable bonds is 5. The molecule has 0 aliphatic carbocycles. The zero-order valence-electron chi connectivity index (χ0n) is 19.3. The molecule has 3 aromatic rings. The van der Waals surface area contributed by atoms with Crippen LogP contribution in [0.5, 0.6) is 0 Å². The van der Waals surface area contributed by atoms with Crippen LogP contribution in [0.4, 0.5) is 5.69 Å². The number of nitrogens with two attached hydrogens (primary N) is 1. The fourth-order valence-electron chi connectivity index (χ4n) is 4.30. The largest absolute Gasteiger partial charge is 0.466 e. The van der Waals surface area contributed by atoms with E-state index in [0.717, 1.165) is 5.52 Å². The predicted octanol–water partition coefficient (Wildman–Crippen LogP) is 1.96. The van der Waals surface area contributed by atoms with Gasteiger partial charge in [-0.3, -0.25) is 4.90 Å². The van der Waals surface area contributed by atoms with Crippen LogP contribution >= 0.6 is 0 Å². The second-order valence-corrected chi connectivity index (χ2v) is 7.75. The van der Waals surface area contributed by atoms with E-state index in [1.54, 1.807) is 60.1 Å². The number of hydrogen-bond acceptors (Lipinski definition) is 9. The van der Waals surface area contributed by atoms with Crippen molar-refractivity contribution in [3.63, 3.8) is 0 Å². The molecule has 1 aromatic heterocycles. The van der Waals surface area contributed by atoms with Gasteiger partial charge in [-0.2, -0.15) is 5.26 Å². The lowest BCUT2D eigenvalue weighted by atomic mass is 9.81. The van der Waals surface area contributed by atoms with Crippen molar-refractivity contribution in [1.29, 1.82) is 5.26 Å². The lowest BCUT2D eigenvalue weighted by molar-refractivity contribution is -0.139. The van der Waals surface area contributed by atoms with Gasteiger partial charge in [-0.25, -0.2) is 14.6 Å². The minimum atomic E-state index is -0.946. The normalized spacial score (nSPS) is 15.9. The van der Waals surface area contributed by atoms with E-state index >= 15 is 0 Å². The van der Waals surface area contributed by atoms with Gasteiger partial charge in [-0.1, -0.05) is 30.3 Å². The third-order valence-corrected chi connectivity index (χ3v) is 5.97. The van der Waals surface area contributed by atoms with Gasteiger partial charge < -0.3 is 24.9 Å². The number of fused-ring (bicyclic) bond motifs is 1. The smallest absolute Gasteiger partial charge is 0.355 e. The Hall–Kier alpha value is -4.62. The van der Waals surface area contributed by atoms with Gasteiger partial charge in [0.25, 0.3) is 0 Å². The van der Waals surface area contributed by atoms with Gasteiger partial charge in [0.1, 0.15) is 23.9 Å². The first kappa shape index (κ1) is 23.5. The van der Waals surface area contributed by atoms with Crippen molar-refractivity contribution in [2.45, 2.75) is 12.5 Å². The summed E-state index contributed by atoms with van der Waals surface area (Å²) in [5.41, 5.74) is 8.55. The predicted molar refractivity (Wildman–Crippen MR) is 126 cm³/mol. The van der Waals surface area contributed by atoms with E-state index in [1.165, 1.54) is 19.1 Å². The quantitative estimate of drug-likeness (QED) is 0.531. The summed E-state index contributed by atoms with van der Waals surface area (Å²) in [5.74, 6) is -2.17. The summed E-state index contributed by atoms with van der Waals surface area (Å²) in [7, 11) is 4.15. The zero-order valence-corrected chi connectivity index (χ0v) is 19.3. The number of imidazole rings is 1. The standard InChI is InChI=1S/C25H23N5O5/c1-29-18-10-9-15(11-17(18)28-19(29)13-31)30-22(25(33)35-3)21(24(32)34-2)20(16(12-26)23(30)27)14-7-5-4-6-8-14/h4-11,20,31H,13,27H2,1-3H3.